The van der Waals surface area contributed by atoms with Crippen molar-refractivity contribution in [1.82, 2.24) is 9.13 Å². The van der Waals surface area contributed by atoms with Crippen molar-refractivity contribution in [2.75, 3.05) is 0 Å². The summed E-state index contributed by atoms with van der Waals surface area (Å²) in [5, 5.41) is 12.7. The van der Waals surface area contributed by atoms with Gasteiger partial charge in [0.2, 0.25) is 0 Å². The van der Waals surface area contributed by atoms with Crippen LogP contribution in [0.15, 0.2) is 182 Å². The SMILES string of the molecule is c1ccc2c(-n3c4ccc(-c5ccc6c(c5)c5ccccc5n6-c5ccc6sc7ccccc7c6c5)cc4c4ccc5ccccc5c43)cccc2c1. The number of hydrogen-bond acceptors (Lipinski definition) is 1. The molecule has 0 unspecified atom stereocenters. The van der Waals surface area contributed by atoms with Crippen LogP contribution in [0.3, 0.4) is 0 Å². The molecule has 0 radical (unpaired) electrons. The lowest BCUT2D eigenvalue weighted by molar-refractivity contribution is 1.19. The van der Waals surface area contributed by atoms with Gasteiger partial charge in [0, 0.05) is 58.2 Å². The van der Waals surface area contributed by atoms with Gasteiger partial charge in [-0.3, -0.25) is 0 Å². The molecule has 3 heteroatoms. The van der Waals surface area contributed by atoms with E-state index in [0.29, 0.717) is 0 Å². The zero-order valence-corrected chi connectivity index (χ0v) is 29.4. The van der Waals surface area contributed by atoms with Crippen molar-refractivity contribution in [3.8, 4) is 22.5 Å². The fourth-order valence-corrected chi connectivity index (χ4v) is 9.98. The summed E-state index contributed by atoms with van der Waals surface area (Å²) in [6, 6.07) is 67.3. The molecular formula is C50H30N2S. The summed E-state index contributed by atoms with van der Waals surface area (Å²) in [5.41, 5.74) is 9.73. The minimum absolute atomic E-state index is 1.19. The standard InChI is InChI=1S/C50H30N2S/c1-3-13-36-31(10-1)12-9-18-44(36)52-47-26-22-34(29-42(47)40-24-20-32-11-2-4-14-37(32)50(40)52)33-21-25-46-41(28-33)38-15-5-7-17-45(38)51(46)35-23-27-49-43(30-35)39-16-6-8-19-48(39)53-49/h1-30H. The lowest BCUT2D eigenvalue weighted by atomic mass is 10.00. The molecule has 0 amide bonds. The minimum Gasteiger partial charge on any atom is -0.309 e. The molecule has 12 rings (SSSR count). The highest BCUT2D eigenvalue weighted by atomic mass is 32.1. The Morgan fingerprint density at radius 2 is 0.925 bits per heavy atom. The summed E-state index contributed by atoms with van der Waals surface area (Å²) in [6.07, 6.45) is 0. The van der Waals surface area contributed by atoms with Crippen molar-refractivity contribution in [2.45, 2.75) is 0 Å². The van der Waals surface area contributed by atoms with Gasteiger partial charge in [0.25, 0.3) is 0 Å². The van der Waals surface area contributed by atoms with Gasteiger partial charge in [-0.1, -0.05) is 121 Å². The van der Waals surface area contributed by atoms with Crippen LogP contribution in [-0.4, -0.2) is 9.13 Å². The van der Waals surface area contributed by atoms with E-state index in [9.17, 15) is 0 Å². The van der Waals surface area contributed by atoms with E-state index in [1.165, 1.54) is 108 Å². The molecule has 3 aromatic heterocycles. The van der Waals surface area contributed by atoms with Gasteiger partial charge in [-0.25, -0.2) is 0 Å². The van der Waals surface area contributed by atoms with Gasteiger partial charge in [-0.15, -0.1) is 11.3 Å². The van der Waals surface area contributed by atoms with Crippen LogP contribution in [0.5, 0.6) is 0 Å². The van der Waals surface area contributed by atoms with Crippen LogP contribution in [0, 0.1) is 0 Å². The Kier molecular flexibility index (Phi) is 5.96. The van der Waals surface area contributed by atoms with Gasteiger partial charge in [0.1, 0.15) is 0 Å². The molecule has 9 aromatic carbocycles. The summed E-state index contributed by atoms with van der Waals surface area (Å²) in [7, 11) is 0. The molecule has 2 nitrogen and oxygen atoms in total. The predicted molar refractivity (Wildman–Crippen MR) is 228 cm³/mol. The van der Waals surface area contributed by atoms with Crippen molar-refractivity contribution in [3.63, 3.8) is 0 Å². The number of para-hydroxylation sites is 1. The van der Waals surface area contributed by atoms with E-state index in [0.717, 1.165) is 0 Å². The van der Waals surface area contributed by atoms with Gasteiger partial charge >= 0.3 is 0 Å². The van der Waals surface area contributed by atoms with Gasteiger partial charge in [0.05, 0.1) is 27.8 Å². The van der Waals surface area contributed by atoms with E-state index >= 15 is 0 Å². The minimum atomic E-state index is 1.19. The Morgan fingerprint density at radius 3 is 1.75 bits per heavy atom. The van der Waals surface area contributed by atoms with E-state index in [1.807, 2.05) is 11.3 Å². The smallest absolute Gasteiger partial charge is 0.0619 e. The summed E-state index contributed by atoms with van der Waals surface area (Å²) in [4.78, 5) is 0. The monoisotopic (exact) mass is 690 g/mol. The summed E-state index contributed by atoms with van der Waals surface area (Å²) in [6.45, 7) is 0. The van der Waals surface area contributed by atoms with Gasteiger partial charge in [-0.05, 0) is 82.6 Å². The van der Waals surface area contributed by atoms with E-state index in [1.54, 1.807) is 0 Å². The number of hydrogen-bond donors (Lipinski definition) is 0. The second-order valence-corrected chi connectivity index (χ2v) is 15.2. The fourth-order valence-electron chi connectivity index (χ4n) is 8.90. The number of aromatic nitrogens is 2. The maximum atomic E-state index is 2.49. The van der Waals surface area contributed by atoms with Crippen LogP contribution in [0.2, 0.25) is 0 Å². The molecule has 0 fully saturated rings. The highest BCUT2D eigenvalue weighted by Gasteiger charge is 2.19. The number of nitrogens with zero attached hydrogens (tertiary/aromatic N) is 2. The van der Waals surface area contributed by atoms with Gasteiger partial charge < -0.3 is 9.13 Å². The molecule has 246 valence electrons. The molecular weight excluding hydrogens is 661 g/mol. The van der Waals surface area contributed by atoms with Crippen LogP contribution < -0.4 is 0 Å². The molecule has 53 heavy (non-hydrogen) atoms. The molecule has 0 bridgehead atoms. The topological polar surface area (TPSA) is 9.86 Å². The zero-order chi connectivity index (χ0) is 34.6. The summed E-state index contributed by atoms with van der Waals surface area (Å²) >= 11 is 1.87. The quantitative estimate of drug-likeness (QED) is 0.175. The first-order valence-electron chi connectivity index (χ1n) is 18.2. The molecule has 0 aliphatic carbocycles. The Labute approximate surface area is 309 Å². The largest absolute Gasteiger partial charge is 0.309 e. The third-order valence-corrected chi connectivity index (χ3v) is 12.4. The van der Waals surface area contributed by atoms with Gasteiger partial charge in [0.15, 0.2) is 0 Å². The Balaban J connectivity index is 1.09. The fraction of sp³-hybridized carbons (Fsp3) is 0. The summed E-state index contributed by atoms with van der Waals surface area (Å²) in [5.74, 6) is 0. The molecule has 0 atom stereocenters. The average molecular weight is 691 g/mol. The van der Waals surface area contributed by atoms with Crippen LogP contribution in [0.1, 0.15) is 0 Å². The van der Waals surface area contributed by atoms with Crippen LogP contribution in [0.4, 0.5) is 0 Å². The second-order valence-electron chi connectivity index (χ2n) is 14.1. The average Bonchev–Trinajstić information content (AvgIpc) is 3.87. The van der Waals surface area contributed by atoms with Crippen molar-refractivity contribution in [3.05, 3.63) is 182 Å². The first-order valence-corrected chi connectivity index (χ1v) is 19.0. The van der Waals surface area contributed by atoms with E-state index in [2.05, 4.69) is 191 Å². The first-order chi connectivity index (χ1) is 26.3. The molecule has 0 aliphatic heterocycles. The molecule has 0 saturated carbocycles. The van der Waals surface area contributed by atoms with Crippen LogP contribution in [-0.2, 0) is 0 Å². The second kappa shape index (κ2) is 10.9. The Hall–Kier alpha value is -6.68. The highest BCUT2D eigenvalue weighted by Crippen LogP contribution is 2.42. The summed E-state index contributed by atoms with van der Waals surface area (Å²) < 4.78 is 7.58. The van der Waals surface area contributed by atoms with E-state index < -0.39 is 0 Å². The maximum absolute atomic E-state index is 2.49. The number of rotatable bonds is 3. The Bertz CT molecular complexity index is 3460. The van der Waals surface area contributed by atoms with Crippen molar-refractivity contribution in [1.29, 1.82) is 0 Å². The molecule has 12 aromatic rings. The zero-order valence-electron chi connectivity index (χ0n) is 28.6. The molecule has 0 spiro atoms. The first kappa shape index (κ1) is 29.0. The molecule has 0 aliphatic rings. The lowest BCUT2D eigenvalue weighted by Gasteiger charge is -2.13. The van der Waals surface area contributed by atoms with Crippen molar-refractivity contribution < 1.29 is 0 Å². The third kappa shape index (κ3) is 4.14. The van der Waals surface area contributed by atoms with Crippen LogP contribution in [0.25, 0.3) is 108 Å². The van der Waals surface area contributed by atoms with E-state index in [-0.39, 0.29) is 0 Å². The normalized spacial score (nSPS) is 12.2. The molecule has 0 N–H and O–H groups in total. The van der Waals surface area contributed by atoms with E-state index in [4.69, 9.17) is 0 Å². The Morgan fingerprint density at radius 1 is 0.321 bits per heavy atom. The van der Waals surface area contributed by atoms with Crippen molar-refractivity contribution in [2.24, 2.45) is 0 Å². The third-order valence-electron chi connectivity index (χ3n) is 11.3. The lowest BCUT2D eigenvalue weighted by Crippen LogP contribution is -1.96. The number of thiophene rings is 1. The predicted octanol–water partition coefficient (Wildman–Crippen LogP) is 14.2. The molecule has 3 heterocycles. The molecule has 0 saturated heterocycles. The number of fused-ring (bicyclic) bond motifs is 12. The van der Waals surface area contributed by atoms with Crippen LogP contribution >= 0.6 is 11.3 Å². The van der Waals surface area contributed by atoms with Crippen molar-refractivity contribution >= 4 is 96.7 Å². The van der Waals surface area contributed by atoms with Gasteiger partial charge in [-0.2, -0.15) is 0 Å². The maximum Gasteiger partial charge on any atom is 0.0619 e. The highest BCUT2D eigenvalue weighted by molar-refractivity contribution is 7.25. The number of benzene rings is 9.